The Bertz CT molecular complexity index is 77.7. The Morgan fingerprint density at radius 1 is 1.75 bits per heavy atom. The number of aliphatic hydroxyl groups excluding tert-OH is 2. The smallest absolute Gasteiger partial charge is 0.122 e. The van der Waals surface area contributed by atoms with Gasteiger partial charge in [-0.25, -0.2) is 0 Å². The average Bonchev–Trinajstić information content (AvgIpc) is 2.14. The van der Waals surface area contributed by atoms with Crippen LogP contribution in [0.25, 0.3) is 0 Å². The van der Waals surface area contributed by atoms with Gasteiger partial charge in [0.2, 0.25) is 0 Å². The molecule has 8 heavy (non-hydrogen) atoms. The maximum atomic E-state index is 8.88. The van der Waals surface area contributed by atoms with Crippen molar-refractivity contribution in [3.05, 3.63) is 0 Å². The zero-order chi connectivity index (χ0) is 5.98. The minimum absolute atomic E-state index is 0.0891. The van der Waals surface area contributed by atoms with E-state index < -0.39 is 6.10 Å². The summed E-state index contributed by atoms with van der Waals surface area (Å²) in [5.74, 6) is 0.575. The van der Waals surface area contributed by atoms with E-state index in [2.05, 4.69) is 0 Å². The van der Waals surface area contributed by atoms with Crippen LogP contribution in [0.3, 0.4) is 0 Å². The molecule has 1 rings (SSSR count). The van der Waals surface area contributed by atoms with E-state index >= 15 is 0 Å². The molecule has 0 aromatic carbocycles. The lowest BCUT2D eigenvalue weighted by atomic mass is 10.2. The summed E-state index contributed by atoms with van der Waals surface area (Å²) < 4.78 is 4.83. The first-order valence-electron chi connectivity index (χ1n) is 2.42. The van der Waals surface area contributed by atoms with Crippen LogP contribution >= 0.6 is 12.0 Å². The number of hydrogen-bond acceptors (Lipinski definition) is 4. The van der Waals surface area contributed by atoms with Crippen LogP contribution in [0, 0.1) is 0 Å². The van der Waals surface area contributed by atoms with Crippen molar-refractivity contribution in [2.24, 2.45) is 0 Å². The molecule has 0 aromatic heterocycles. The molecular formula is C4H8O3S. The van der Waals surface area contributed by atoms with Crippen molar-refractivity contribution in [1.29, 1.82) is 0 Å². The van der Waals surface area contributed by atoms with Crippen molar-refractivity contribution in [2.75, 3.05) is 12.4 Å². The molecule has 1 unspecified atom stereocenters. The van der Waals surface area contributed by atoms with E-state index in [1.165, 1.54) is 12.0 Å². The molecule has 0 radical (unpaired) electrons. The van der Waals surface area contributed by atoms with Gasteiger partial charge in [-0.3, -0.25) is 0 Å². The van der Waals surface area contributed by atoms with Gasteiger partial charge in [0.05, 0.1) is 12.7 Å². The van der Waals surface area contributed by atoms with E-state index in [4.69, 9.17) is 14.4 Å². The van der Waals surface area contributed by atoms with E-state index in [-0.39, 0.29) is 12.7 Å². The topological polar surface area (TPSA) is 49.7 Å². The predicted octanol–water partition coefficient (Wildman–Crippen LogP) is -0.613. The van der Waals surface area contributed by atoms with Crippen molar-refractivity contribution in [3.8, 4) is 0 Å². The molecule has 2 atom stereocenters. The maximum Gasteiger partial charge on any atom is 0.122 e. The highest BCUT2D eigenvalue weighted by molar-refractivity contribution is 7.94. The highest BCUT2D eigenvalue weighted by atomic mass is 32.2. The van der Waals surface area contributed by atoms with Gasteiger partial charge in [0.25, 0.3) is 0 Å². The molecule has 1 fully saturated rings. The normalized spacial score (nSPS) is 38.2. The van der Waals surface area contributed by atoms with Crippen LogP contribution in [0.4, 0.5) is 0 Å². The molecule has 0 aromatic rings. The summed E-state index contributed by atoms with van der Waals surface area (Å²) in [4.78, 5) is 0. The first kappa shape index (κ1) is 6.35. The van der Waals surface area contributed by atoms with Crippen LogP contribution in [0.1, 0.15) is 0 Å². The van der Waals surface area contributed by atoms with Crippen LogP contribution in [0.15, 0.2) is 0 Å². The summed E-state index contributed by atoms with van der Waals surface area (Å²) >= 11 is 1.20. The third kappa shape index (κ3) is 1.14. The molecule has 1 aliphatic heterocycles. The molecule has 1 aliphatic rings. The fourth-order valence-corrected chi connectivity index (χ4v) is 1.32. The minimum atomic E-state index is -0.481. The molecular weight excluding hydrogens is 128 g/mol. The van der Waals surface area contributed by atoms with E-state index in [1.54, 1.807) is 0 Å². The predicted molar refractivity (Wildman–Crippen MR) is 30.4 cm³/mol. The van der Waals surface area contributed by atoms with Gasteiger partial charge in [0.15, 0.2) is 0 Å². The molecule has 2 N–H and O–H groups in total. The van der Waals surface area contributed by atoms with Gasteiger partial charge in [-0.15, -0.1) is 0 Å². The summed E-state index contributed by atoms with van der Waals surface area (Å²) in [5.41, 5.74) is 0. The lowest BCUT2D eigenvalue weighted by Crippen LogP contribution is -2.26. The summed E-state index contributed by atoms with van der Waals surface area (Å²) in [7, 11) is 0. The third-order valence-electron chi connectivity index (χ3n) is 1.04. The number of hydrogen-bond donors (Lipinski definition) is 2. The fourth-order valence-electron chi connectivity index (χ4n) is 0.520. The molecule has 1 saturated heterocycles. The molecule has 0 amide bonds. The second-order valence-electron chi connectivity index (χ2n) is 1.67. The summed E-state index contributed by atoms with van der Waals surface area (Å²) in [6, 6.07) is 0. The van der Waals surface area contributed by atoms with Gasteiger partial charge in [-0.05, 0) is 12.0 Å². The standard InChI is InChI=1S/C4H8O3S/c5-1-4-3(6)2-8-7-4/h3-6H,1-2H2/t3?,4-/m1/s1. The Hall–Kier alpha value is 0.230. The quantitative estimate of drug-likeness (QED) is 0.472. The molecule has 48 valence electrons. The highest BCUT2D eigenvalue weighted by Gasteiger charge is 2.26. The Balaban J connectivity index is 2.30. The van der Waals surface area contributed by atoms with Crippen molar-refractivity contribution in [2.45, 2.75) is 12.2 Å². The Morgan fingerprint density at radius 3 is 2.75 bits per heavy atom. The van der Waals surface area contributed by atoms with Gasteiger partial charge in [0, 0.05) is 5.75 Å². The van der Waals surface area contributed by atoms with Crippen LogP contribution < -0.4 is 0 Å². The van der Waals surface area contributed by atoms with Gasteiger partial charge in [0.1, 0.15) is 6.10 Å². The first-order chi connectivity index (χ1) is 3.84. The summed E-state index contributed by atoms with van der Waals surface area (Å²) in [5, 5.41) is 17.3. The van der Waals surface area contributed by atoms with Crippen molar-refractivity contribution < 1.29 is 14.4 Å². The zero-order valence-electron chi connectivity index (χ0n) is 4.28. The minimum Gasteiger partial charge on any atom is -0.394 e. The molecule has 4 heteroatoms. The third-order valence-corrected chi connectivity index (χ3v) is 1.90. The molecule has 3 nitrogen and oxygen atoms in total. The number of rotatable bonds is 1. The highest BCUT2D eigenvalue weighted by Crippen LogP contribution is 2.21. The Morgan fingerprint density at radius 2 is 2.50 bits per heavy atom. The Labute approximate surface area is 51.9 Å². The second-order valence-corrected chi connectivity index (χ2v) is 2.43. The Kier molecular flexibility index (Phi) is 2.13. The fraction of sp³-hybridized carbons (Fsp3) is 1.00. The van der Waals surface area contributed by atoms with Crippen LogP contribution in [0.2, 0.25) is 0 Å². The summed E-state index contributed by atoms with van der Waals surface area (Å²) in [6.07, 6.45) is -0.843. The lowest BCUT2D eigenvalue weighted by Gasteiger charge is -2.05. The molecule has 0 saturated carbocycles. The maximum absolute atomic E-state index is 8.88. The van der Waals surface area contributed by atoms with Crippen LogP contribution in [-0.2, 0) is 4.18 Å². The molecule has 1 heterocycles. The SMILES string of the molecule is OC[C@H]1OSCC1O. The molecule has 0 aliphatic carbocycles. The monoisotopic (exact) mass is 136 g/mol. The van der Waals surface area contributed by atoms with Crippen molar-refractivity contribution in [1.82, 2.24) is 0 Å². The van der Waals surface area contributed by atoms with Gasteiger partial charge < -0.3 is 14.4 Å². The number of aliphatic hydroxyl groups is 2. The van der Waals surface area contributed by atoms with Crippen LogP contribution in [-0.4, -0.2) is 34.8 Å². The van der Waals surface area contributed by atoms with Crippen LogP contribution in [0.5, 0.6) is 0 Å². The largest absolute Gasteiger partial charge is 0.394 e. The van der Waals surface area contributed by atoms with Crippen molar-refractivity contribution in [3.63, 3.8) is 0 Å². The molecule has 0 spiro atoms. The second kappa shape index (κ2) is 2.68. The van der Waals surface area contributed by atoms with Gasteiger partial charge in [-0.2, -0.15) is 0 Å². The van der Waals surface area contributed by atoms with Gasteiger partial charge in [-0.1, -0.05) is 0 Å². The van der Waals surface area contributed by atoms with Gasteiger partial charge >= 0.3 is 0 Å². The average molecular weight is 136 g/mol. The van der Waals surface area contributed by atoms with E-state index in [0.717, 1.165) is 0 Å². The lowest BCUT2D eigenvalue weighted by molar-refractivity contribution is 0.0447. The molecule has 0 bridgehead atoms. The van der Waals surface area contributed by atoms with E-state index in [1.807, 2.05) is 0 Å². The van der Waals surface area contributed by atoms with E-state index in [0.29, 0.717) is 5.75 Å². The van der Waals surface area contributed by atoms with Crippen molar-refractivity contribution >= 4 is 12.0 Å². The van der Waals surface area contributed by atoms with E-state index in [9.17, 15) is 0 Å². The zero-order valence-corrected chi connectivity index (χ0v) is 5.10. The summed E-state index contributed by atoms with van der Waals surface area (Å²) in [6.45, 7) is -0.0891. The first-order valence-corrected chi connectivity index (χ1v) is 3.33.